The number of rotatable bonds is 7. The van der Waals surface area contributed by atoms with Crippen molar-refractivity contribution in [1.29, 1.82) is 0 Å². The van der Waals surface area contributed by atoms with Gasteiger partial charge in [0.2, 0.25) is 0 Å². The summed E-state index contributed by atoms with van der Waals surface area (Å²) < 4.78 is 46.0. The minimum absolute atomic E-state index is 0. The quantitative estimate of drug-likeness (QED) is 0.0905. The van der Waals surface area contributed by atoms with Crippen molar-refractivity contribution in [2.45, 2.75) is 90.8 Å². The summed E-state index contributed by atoms with van der Waals surface area (Å²) in [6.45, 7) is 12.7. The van der Waals surface area contributed by atoms with Gasteiger partial charge in [0, 0.05) is 30.5 Å². The number of imidazole rings is 1. The van der Waals surface area contributed by atoms with Crippen molar-refractivity contribution in [2.24, 2.45) is 5.41 Å². The van der Waals surface area contributed by atoms with E-state index >= 15 is 0 Å². The van der Waals surface area contributed by atoms with E-state index in [-0.39, 0.29) is 25.7 Å². The Balaban J connectivity index is 0.000000205. The summed E-state index contributed by atoms with van der Waals surface area (Å²) >= 11 is -0.502. The number of fused-ring (bicyclic) bond motifs is 8. The molecule has 0 atom stereocenters. The number of hydrogen-bond acceptors (Lipinski definition) is 3. The number of hydrogen-bond donors (Lipinski definition) is 0. The van der Waals surface area contributed by atoms with Crippen molar-refractivity contribution >= 4 is 81.7 Å². The van der Waals surface area contributed by atoms with E-state index in [1.807, 2.05) is 44.4 Å². The first-order chi connectivity index (χ1) is 32.6. The van der Waals surface area contributed by atoms with Crippen molar-refractivity contribution < 1.29 is 27.0 Å². The summed E-state index contributed by atoms with van der Waals surface area (Å²) in [5, 5.41) is 7.76. The molecule has 0 amide bonds. The van der Waals surface area contributed by atoms with Crippen molar-refractivity contribution in [3.63, 3.8) is 0 Å². The van der Waals surface area contributed by atoms with E-state index in [2.05, 4.69) is 170 Å². The molecule has 7 aromatic carbocycles. The van der Waals surface area contributed by atoms with Crippen molar-refractivity contribution in [3.05, 3.63) is 168 Å². The molecule has 10 aromatic rings. The molecule has 65 heavy (non-hydrogen) atoms. The van der Waals surface area contributed by atoms with Gasteiger partial charge in [-0.15, -0.1) is 18.2 Å². The Morgan fingerprint density at radius 3 is 2.18 bits per heavy atom. The minimum atomic E-state index is -2.36. The summed E-state index contributed by atoms with van der Waals surface area (Å²) in [7, 11) is 0. The van der Waals surface area contributed by atoms with Crippen LogP contribution in [0.25, 0.3) is 81.1 Å². The molecule has 3 heterocycles. The Labute approximate surface area is 413 Å². The molecule has 0 N–H and O–H groups in total. The number of pyridine rings is 1. The molecule has 0 bridgehead atoms. The zero-order valence-electron chi connectivity index (χ0n) is 43.9. The molecule has 0 aliphatic rings. The molecule has 0 saturated heterocycles. The van der Waals surface area contributed by atoms with Crippen LogP contribution in [-0.4, -0.2) is 27.8 Å². The average Bonchev–Trinajstić information content (AvgIpc) is 3.89. The molecule has 0 saturated carbocycles. The second kappa shape index (κ2) is 18.4. The number of nitrogens with zero attached hydrogens (tertiary/aromatic N) is 3. The fourth-order valence-electron chi connectivity index (χ4n) is 8.98. The Hall–Kier alpha value is -4.91. The Kier molecular flexibility index (Phi) is 11.4. The van der Waals surface area contributed by atoms with E-state index in [9.17, 15) is 0 Å². The van der Waals surface area contributed by atoms with Gasteiger partial charge in [0.15, 0.2) is 0 Å². The molecule has 3 nitrogen and oxygen atoms in total. The summed E-state index contributed by atoms with van der Waals surface area (Å²) in [5.74, 6) is 8.40. The van der Waals surface area contributed by atoms with Crippen molar-refractivity contribution in [3.8, 4) is 28.3 Å². The molecular weight excluding hydrogens is 1050 g/mol. The molecule has 0 unspecified atom stereocenters. The smallest absolute Gasteiger partial charge is 0 e. The fourth-order valence-corrected chi connectivity index (χ4v) is 13.1. The van der Waals surface area contributed by atoms with Crippen LogP contribution < -0.4 is 4.40 Å². The number of thiophene rings is 1. The van der Waals surface area contributed by atoms with Gasteiger partial charge in [-0.2, -0.15) is 11.3 Å². The SMILES string of the molecule is CC(C)c1cccc(C(C)C)c1-n1c(-c2[c-]ccc3c2sc2ccc4c5ccccc5ccc4c23)nc2ccccc21.[2H]C([2H])([2H])c1c[c-]c(-c2cc(C([2H])([2H])C(C)(C)C)[c]([Ge]([CH3])([CH3])[CH3])cn2)cc1.[Ir]. The number of aryl methyl sites for hydroxylation is 1. The maximum absolute atomic E-state index is 8.80. The van der Waals surface area contributed by atoms with E-state index in [4.69, 9.17) is 11.8 Å². The summed E-state index contributed by atoms with van der Waals surface area (Å²) in [5.41, 5.74) is 8.78. The predicted molar refractivity (Wildman–Crippen MR) is 281 cm³/mol. The van der Waals surface area contributed by atoms with Gasteiger partial charge in [0.25, 0.3) is 0 Å². The first-order valence-electron chi connectivity index (χ1n) is 24.9. The Bertz CT molecular complexity index is 3530. The van der Waals surface area contributed by atoms with Gasteiger partial charge in [0.1, 0.15) is 0 Å². The van der Waals surface area contributed by atoms with E-state index in [0.29, 0.717) is 28.7 Å². The van der Waals surface area contributed by atoms with Crippen molar-refractivity contribution in [1.82, 2.24) is 14.5 Å². The van der Waals surface area contributed by atoms with Gasteiger partial charge in [-0.3, -0.25) is 4.98 Å². The standard InChI is InChI=1S/C39H31N2S.C20H28GeN.Ir/c1-23(2)26-13-9-14-27(24(3)4)37(26)41-34-18-8-7-17-33(34)40-39(41)32-16-10-15-31-36-30-20-19-25-11-5-6-12-28(25)29(30)21-22-35(36)42-38(31)32;1-15-8-10-16(11-9-15)19-12-17(13-20(2,3)4)18(14-22-19)21(5,6)7;/h5-15,17-24H,1-4H3;8-10,12,14H,13H2,1-7H3;/q2*-1;/i;1D3,13D2;. The number of benzene rings is 7. The van der Waals surface area contributed by atoms with E-state index in [0.717, 1.165) is 26.8 Å². The minimum Gasteiger partial charge on any atom is 0 e. The van der Waals surface area contributed by atoms with Gasteiger partial charge in [-0.25, -0.2) is 0 Å². The molecule has 1 radical (unpaired) electrons. The van der Waals surface area contributed by atoms with Crippen LogP contribution in [0.3, 0.4) is 0 Å². The molecule has 10 rings (SSSR count). The molecule has 331 valence electrons. The van der Waals surface area contributed by atoms with E-state index in [1.54, 1.807) is 12.1 Å². The molecule has 0 spiro atoms. The monoisotopic (exact) mass is 1110 g/mol. The molecule has 3 aromatic heterocycles. The van der Waals surface area contributed by atoms with Crippen LogP contribution in [0.5, 0.6) is 0 Å². The number of aromatic nitrogens is 3. The molecular formula is C59H59GeIrN3S-2. The predicted octanol–water partition coefficient (Wildman–Crippen LogP) is 16.4. The third-order valence-electron chi connectivity index (χ3n) is 12.0. The summed E-state index contributed by atoms with van der Waals surface area (Å²) in [6, 6.07) is 50.7. The zero-order valence-corrected chi connectivity index (χ0v) is 44.2. The van der Waals surface area contributed by atoms with Gasteiger partial charge >= 0.3 is 145 Å². The molecule has 0 aliphatic heterocycles. The van der Waals surface area contributed by atoms with Gasteiger partial charge < -0.3 is 4.57 Å². The number of para-hydroxylation sites is 3. The molecule has 0 fully saturated rings. The van der Waals surface area contributed by atoms with Crippen LogP contribution in [0.4, 0.5) is 0 Å². The second-order valence-corrected chi connectivity index (χ2v) is 31.2. The van der Waals surface area contributed by atoms with Crippen LogP contribution in [0, 0.1) is 24.4 Å². The van der Waals surface area contributed by atoms with Gasteiger partial charge in [-0.1, -0.05) is 111 Å². The maximum atomic E-state index is 8.80. The Morgan fingerprint density at radius 1 is 0.769 bits per heavy atom. The maximum Gasteiger partial charge on any atom is 0 e. The van der Waals surface area contributed by atoms with Crippen LogP contribution in [-0.2, 0) is 26.5 Å². The normalized spacial score (nSPS) is 13.7. The molecule has 6 heteroatoms. The first kappa shape index (κ1) is 40.4. The average molecular weight is 1110 g/mol. The van der Waals surface area contributed by atoms with E-state index in [1.165, 1.54) is 64.6 Å². The van der Waals surface area contributed by atoms with Crippen molar-refractivity contribution in [2.75, 3.05) is 0 Å². The Morgan fingerprint density at radius 2 is 1.49 bits per heavy atom. The third-order valence-corrected chi connectivity index (χ3v) is 17.4. The fraction of sp³-hybridized carbons (Fsp3) is 0.254. The van der Waals surface area contributed by atoms with Gasteiger partial charge in [0.05, 0.1) is 16.9 Å². The van der Waals surface area contributed by atoms with Crippen LogP contribution in [0.15, 0.2) is 134 Å². The molecule has 0 aliphatic carbocycles. The van der Waals surface area contributed by atoms with E-state index < -0.39 is 31.9 Å². The topological polar surface area (TPSA) is 30.7 Å². The summed E-state index contributed by atoms with van der Waals surface area (Å²) in [4.78, 5) is 9.89. The van der Waals surface area contributed by atoms with Gasteiger partial charge in [-0.05, 0) is 72.8 Å². The first-order valence-corrected chi connectivity index (χ1v) is 30.5. The third kappa shape index (κ3) is 9.15. The van der Waals surface area contributed by atoms with Crippen LogP contribution >= 0.6 is 11.3 Å². The van der Waals surface area contributed by atoms with Crippen LogP contribution in [0.2, 0.25) is 17.3 Å². The largest absolute Gasteiger partial charge is 0 e. The van der Waals surface area contributed by atoms with Crippen LogP contribution in [0.1, 0.15) is 89.4 Å². The summed E-state index contributed by atoms with van der Waals surface area (Å²) in [6.07, 6.45) is 0.303. The second-order valence-electron chi connectivity index (χ2n) is 19.6. The zero-order chi connectivity index (χ0) is 49.4.